The molecule has 0 aliphatic carbocycles. The van der Waals surface area contributed by atoms with Gasteiger partial charge in [-0.15, -0.1) is 0 Å². The fourth-order valence-electron chi connectivity index (χ4n) is 2.05. The van der Waals surface area contributed by atoms with Crippen LogP contribution in [0.3, 0.4) is 0 Å². The monoisotopic (exact) mass is 265 g/mol. The molecule has 0 saturated carbocycles. The molecule has 6 heteroatoms. The lowest BCUT2D eigenvalue weighted by Gasteiger charge is -2.15. The molecule has 0 radical (unpaired) electrons. The zero-order valence-corrected chi connectivity index (χ0v) is 11.5. The van der Waals surface area contributed by atoms with Crippen molar-refractivity contribution in [1.29, 1.82) is 0 Å². The van der Waals surface area contributed by atoms with Gasteiger partial charge >= 0.3 is 0 Å². The highest BCUT2D eigenvalue weighted by molar-refractivity contribution is 5.99. The summed E-state index contributed by atoms with van der Waals surface area (Å²) in [4.78, 5) is 25.4. The molecule has 0 spiro atoms. The van der Waals surface area contributed by atoms with Gasteiger partial charge in [0.25, 0.3) is 0 Å². The Morgan fingerprint density at radius 2 is 2.42 bits per heavy atom. The standard InChI is InChI=1S/C13H19N3O3/c1-4-8(2)14-13(18)10-6-12(17)16(7-10)11-5-9(3)19-15-11/h5,8,10H,4,6-7H2,1-3H3,(H,14,18). The normalized spacial score (nSPS) is 20.7. The second-order valence-corrected chi connectivity index (χ2v) is 5.02. The summed E-state index contributed by atoms with van der Waals surface area (Å²) in [6, 6.07) is 1.83. The van der Waals surface area contributed by atoms with Crippen LogP contribution in [0.15, 0.2) is 10.6 Å². The van der Waals surface area contributed by atoms with Crippen LogP contribution in [-0.4, -0.2) is 29.6 Å². The maximum absolute atomic E-state index is 12.0. The first kappa shape index (κ1) is 13.6. The highest BCUT2D eigenvalue weighted by atomic mass is 16.5. The van der Waals surface area contributed by atoms with Gasteiger partial charge in [0, 0.05) is 25.1 Å². The van der Waals surface area contributed by atoms with Crippen LogP contribution in [-0.2, 0) is 9.59 Å². The molecule has 2 rings (SSSR count). The predicted molar refractivity (Wildman–Crippen MR) is 69.6 cm³/mol. The molecule has 1 aliphatic rings. The lowest BCUT2D eigenvalue weighted by atomic mass is 10.1. The summed E-state index contributed by atoms with van der Waals surface area (Å²) < 4.78 is 4.96. The molecule has 1 aromatic rings. The van der Waals surface area contributed by atoms with Crippen molar-refractivity contribution in [2.45, 2.75) is 39.7 Å². The van der Waals surface area contributed by atoms with Crippen LogP contribution in [0.5, 0.6) is 0 Å². The van der Waals surface area contributed by atoms with E-state index in [2.05, 4.69) is 10.5 Å². The molecule has 104 valence electrons. The Bertz CT molecular complexity index is 483. The summed E-state index contributed by atoms with van der Waals surface area (Å²) in [5, 5.41) is 6.73. The van der Waals surface area contributed by atoms with Gasteiger partial charge in [-0.2, -0.15) is 0 Å². The molecule has 6 nitrogen and oxygen atoms in total. The summed E-state index contributed by atoms with van der Waals surface area (Å²) in [7, 11) is 0. The van der Waals surface area contributed by atoms with Gasteiger partial charge in [0.1, 0.15) is 5.76 Å². The maximum atomic E-state index is 12.0. The SMILES string of the molecule is CCC(C)NC(=O)C1CC(=O)N(c2cc(C)on2)C1. The van der Waals surface area contributed by atoms with E-state index in [-0.39, 0.29) is 30.2 Å². The average molecular weight is 265 g/mol. The molecule has 1 aromatic heterocycles. The topological polar surface area (TPSA) is 75.4 Å². The second kappa shape index (κ2) is 5.42. The highest BCUT2D eigenvalue weighted by Crippen LogP contribution is 2.24. The number of amides is 2. The van der Waals surface area contributed by atoms with E-state index >= 15 is 0 Å². The zero-order chi connectivity index (χ0) is 14.0. The summed E-state index contributed by atoms with van der Waals surface area (Å²) >= 11 is 0. The molecule has 1 saturated heterocycles. The fourth-order valence-corrected chi connectivity index (χ4v) is 2.05. The van der Waals surface area contributed by atoms with Crippen molar-refractivity contribution < 1.29 is 14.1 Å². The van der Waals surface area contributed by atoms with Crippen LogP contribution in [0.2, 0.25) is 0 Å². The molecule has 2 unspecified atom stereocenters. The largest absolute Gasteiger partial charge is 0.360 e. The first-order valence-corrected chi connectivity index (χ1v) is 6.55. The van der Waals surface area contributed by atoms with Gasteiger partial charge in [-0.3, -0.25) is 14.5 Å². The van der Waals surface area contributed by atoms with Crippen LogP contribution in [0.25, 0.3) is 0 Å². The van der Waals surface area contributed by atoms with E-state index in [1.807, 2.05) is 13.8 Å². The van der Waals surface area contributed by atoms with E-state index in [4.69, 9.17) is 4.52 Å². The van der Waals surface area contributed by atoms with Crippen molar-refractivity contribution in [2.24, 2.45) is 5.92 Å². The summed E-state index contributed by atoms with van der Waals surface area (Å²) in [5.74, 6) is 0.679. The molecular weight excluding hydrogens is 246 g/mol. The zero-order valence-electron chi connectivity index (χ0n) is 11.5. The summed E-state index contributed by atoms with van der Waals surface area (Å²) in [6.45, 7) is 6.10. The third-order valence-corrected chi connectivity index (χ3v) is 3.39. The Balaban J connectivity index is 2.01. The van der Waals surface area contributed by atoms with Gasteiger partial charge in [0.2, 0.25) is 11.8 Å². The number of aryl methyl sites for hydroxylation is 1. The first-order chi connectivity index (χ1) is 9.01. The van der Waals surface area contributed by atoms with E-state index in [1.54, 1.807) is 13.0 Å². The minimum atomic E-state index is -0.307. The number of rotatable bonds is 4. The van der Waals surface area contributed by atoms with E-state index in [9.17, 15) is 9.59 Å². The van der Waals surface area contributed by atoms with Crippen molar-refractivity contribution in [1.82, 2.24) is 10.5 Å². The highest BCUT2D eigenvalue weighted by Gasteiger charge is 2.36. The van der Waals surface area contributed by atoms with Crippen molar-refractivity contribution in [2.75, 3.05) is 11.4 Å². The van der Waals surface area contributed by atoms with E-state index in [1.165, 1.54) is 4.90 Å². The number of nitrogens with zero attached hydrogens (tertiary/aromatic N) is 2. The van der Waals surface area contributed by atoms with Gasteiger partial charge < -0.3 is 9.84 Å². The van der Waals surface area contributed by atoms with Gasteiger partial charge in [-0.05, 0) is 20.3 Å². The van der Waals surface area contributed by atoms with Crippen LogP contribution in [0.4, 0.5) is 5.82 Å². The summed E-state index contributed by atoms with van der Waals surface area (Å²) in [5.41, 5.74) is 0. The Kier molecular flexibility index (Phi) is 3.87. The van der Waals surface area contributed by atoms with Gasteiger partial charge in [0.05, 0.1) is 5.92 Å². The number of aromatic nitrogens is 1. The number of carbonyl (C=O) groups is 2. The van der Waals surface area contributed by atoms with Crippen LogP contribution < -0.4 is 10.2 Å². The lowest BCUT2D eigenvalue weighted by Crippen LogP contribution is -2.38. The Morgan fingerprint density at radius 3 is 3.00 bits per heavy atom. The summed E-state index contributed by atoms with van der Waals surface area (Å²) in [6.07, 6.45) is 1.10. The molecule has 1 N–H and O–H groups in total. The van der Waals surface area contributed by atoms with Crippen molar-refractivity contribution in [3.63, 3.8) is 0 Å². The van der Waals surface area contributed by atoms with Crippen LogP contribution >= 0.6 is 0 Å². The molecular formula is C13H19N3O3. The third-order valence-electron chi connectivity index (χ3n) is 3.39. The molecule has 0 aromatic carbocycles. The molecule has 19 heavy (non-hydrogen) atoms. The minimum Gasteiger partial charge on any atom is -0.360 e. The molecule has 0 bridgehead atoms. The van der Waals surface area contributed by atoms with Crippen molar-refractivity contribution >= 4 is 17.6 Å². The van der Waals surface area contributed by atoms with Crippen LogP contribution in [0, 0.1) is 12.8 Å². The van der Waals surface area contributed by atoms with E-state index in [0.29, 0.717) is 18.1 Å². The predicted octanol–water partition coefficient (Wildman–Crippen LogP) is 1.25. The fraction of sp³-hybridized carbons (Fsp3) is 0.615. The Hall–Kier alpha value is -1.85. The quantitative estimate of drug-likeness (QED) is 0.889. The Labute approximate surface area is 112 Å². The smallest absolute Gasteiger partial charge is 0.229 e. The molecule has 1 fully saturated rings. The molecule has 1 aliphatic heterocycles. The maximum Gasteiger partial charge on any atom is 0.229 e. The minimum absolute atomic E-state index is 0.0644. The Morgan fingerprint density at radius 1 is 1.68 bits per heavy atom. The number of nitrogens with one attached hydrogen (secondary N) is 1. The van der Waals surface area contributed by atoms with Crippen LogP contribution in [0.1, 0.15) is 32.4 Å². The number of anilines is 1. The lowest BCUT2D eigenvalue weighted by molar-refractivity contribution is -0.126. The number of carbonyl (C=O) groups excluding carboxylic acids is 2. The molecule has 2 heterocycles. The number of hydrogen-bond acceptors (Lipinski definition) is 4. The van der Waals surface area contributed by atoms with Gasteiger partial charge in [-0.1, -0.05) is 12.1 Å². The second-order valence-electron chi connectivity index (χ2n) is 5.02. The number of hydrogen-bond donors (Lipinski definition) is 1. The van der Waals surface area contributed by atoms with Crippen molar-refractivity contribution in [3.8, 4) is 0 Å². The third kappa shape index (κ3) is 2.94. The molecule has 2 amide bonds. The first-order valence-electron chi connectivity index (χ1n) is 6.55. The van der Waals surface area contributed by atoms with E-state index < -0.39 is 0 Å². The average Bonchev–Trinajstić information content (AvgIpc) is 2.95. The van der Waals surface area contributed by atoms with E-state index in [0.717, 1.165) is 6.42 Å². The molecule has 2 atom stereocenters. The van der Waals surface area contributed by atoms with Gasteiger partial charge in [0.15, 0.2) is 5.82 Å². The van der Waals surface area contributed by atoms with Gasteiger partial charge in [-0.25, -0.2) is 0 Å². The van der Waals surface area contributed by atoms with Crippen molar-refractivity contribution in [3.05, 3.63) is 11.8 Å².